The van der Waals surface area contributed by atoms with Crippen LogP contribution < -0.4 is 11.1 Å². The van der Waals surface area contributed by atoms with E-state index in [9.17, 15) is 23.4 Å². The molecule has 1 amide bonds. The minimum Gasteiger partial charge on any atom is -0.455 e. The van der Waals surface area contributed by atoms with Crippen molar-refractivity contribution in [2.24, 2.45) is 11.8 Å². The lowest BCUT2D eigenvalue weighted by Crippen LogP contribution is -2.62. The molecule has 4 heterocycles. The molecule has 366 valence electrons. The summed E-state index contributed by atoms with van der Waals surface area (Å²) in [5, 5.41) is 23.7. The molecular formula is C46H73F2N7O9S. The molecule has 16 nitrogen and oxygen atoms in total. The number of nitrogen functional groups attached to an aromatic ring is 1. The van der Waals surface area contributed by atoms with Crippen LogP contribution in [0.2, 0.25) is 0 Å². The number of hydrogen-bond donors (Lipinski definition) is 3. The second-order valence-electron chi connectivity index (χ2n) is 18.5. The summed E-state index contributed by atoms with van der Waals surface area (Å²) in [6.07, 6.45) is 2.09. The predicted octanol–water partition coefficient (Wildman–Crippen LogP) is 6.17. The first kappa shape index (κ1) is 53.9. The zero-order valence-electron chi connectivity index (χ0n) is 40.0. The summed E-state index contributed by atoms with van der Waals surface area (Å²) in [5.41, 5.74) is 2.28. The van der Waals surface area contributed by atoms with Crippen molar-refractivity contribution >= 4 is 35.7 Å². The van der Waals surface area contributed by atoms with E-state index in [2.05, 4.69) is 22.2 Å². The molecule has 1 aromatic carbocycles. The Balaban J connectivity index is 0.00000300. The van der Waals surface area contributed by atoms with Crippen LogP contribution >= 0.6 is 12.1 Å². The minimum absolute atomic E-state index is 0.147. The lowest BCUT2D eigenvalue weighted by Gasteiger charge is -2.47. The molecule has 0 saturated carbocycles. The Labute approximate surface area is 387 Å². The standard InChI is InChI=1S/C45H70FN7O9.CH3FS/c1-12-17-32-37-45(8,62-42(57)53(37)21-15-14-20-52-26-33(49-50-52)30-18-16-19-31(47)23-30)35(13-2)60-41(56)44(7,46)38(55)29(5)39(43(6,58-11)24-27(3)25-48-32)61-40-36(54)34(51(9)10)22-28(4)59-40;1-3-2/h12,16,18-19,23,26-29,32,34-37,39-40,48,54H,1,13-15,17,20-22,24-25,47H2,2-11H3;1H3/t27-,28?,29+,32-,34?,35-,36?,37-,39-,40+,43-,44+,45-;/m1./s1. The third kappa shape index (κ3) is 12.6. The van der Waals surface area contributed by atoms with Crippen LogP contribution in [0, 0.1) is 11.8 Å². The van der Waals surface area contributed by atoms with Gasteiger partial charge in [0.1, 0.15) is 17.9 Å². The number of aliphatic hydroxyl groups is 1. The molecule has 3 aliphatic rings. The average molecular weight is 938 g/mol. The maximum absolute atomic E-state index is 17.1. The van der Waals surface area contributed by atoms with Gasteiger partial charge in [-0.15, -0.1) is 11.7 Å². The molecule has 3 fully saturated rings. The average Bonchev–Trinajstić information content (AvgIpc) is 3.83. The van der Waals surface area contributed by atoms with Gasteiger partial charge in [0.15, 0.2) is 17.7 Å². The van der Waals surface area contributed by atoms with Crippen molar-refractivity contribution in [2.75, 3.05) is 46.3 Å². The number of hydrogen-bond acceptors (Lipinski definition) is 15. The van der Waals surface area contributed by atoms with Crippen LogP contribution in [0.25, 0.3) is 11.3 Å². The number of esters is 1. The number of carbonyl (C=O) groups excluding carboxylic acids is 3. The second kappa shape index (κ2) is 23.3. The summed E-state index contributed by atoms with van der Waals surface area (Å²) in [4.78, 5) is 46.0. The number of aryl methyl sites for hydroxylation is 1. The maximum atomic E-state index is 17.1. The molecule has 0 radical (unpaired) electrons. The third-order valence-corrected chi connectivity index (χ3v) is 13.1. The number of aliphatic hydroxyl groups excluding tert-OH is 1. The SMILES string of the molecule is C=CC[C@H]1NC[C@H](C)C[C@@](C)(OC)[C@H](O[C@@H]2OC(C)CC(N(C)C)C2O)[C@@H](C)C(=O)[C@](C)(F)C(=O)O[C@H](CC)[C@@]2(C)OC(=O)N(CCCCn3cc(-c4cccc(N)c4)nn3)[C@H]12.CSF. The van der Waals surface area contributed by atoms with E-state index in [0.29, 0.717) is 63.1 Å². The highest BCUT2D eigenvalue weighted by Gasteiger charge is 2.60. The molecule has 5 rings (SSSR count). The summed E-state index contributed by atoms with van der Waals surface area (Å²) < 4.78 is 60.1. The number of methoxy groups -OCH3 is 1. The number of likely N-dealkylation sites (N-methyl/N-ethyl adjacent to an activating group) is 1. The number of halogens is 2. The lowest BCUT2D eigenvalue weighted by atomic mass is 9.78. The first-order valence-corrected chi connectivity index (χ1v) is 23.6. The summed E-state index contributed by atoms with van der Waals surface area (Å²) in [6.45, 7) is 16.8. The fraction of sp³-hybridized carbons (Fsp3) is 0.717. The number of Topliss-reactive ketones (excluding diaryl/α,β-unsaturated/α-hetero) is 1. The number of amides is 1. The molecule has 0 spiro atoms. The largest absolute Gasteiger partial charge is 0.455 e. The van der Waals surface area contributed by atoms with E-state index in [1.807, 2.05) is 57.2 Å². The van der Waals surface area contributed by atoms with Gasteiger partial charge in [-0.05, 0) is 105 Å². The number of nitrogens with zero attached hydrogens (tertiary/aromatic N) is 5. The van der Waals surface area contributed by atoms with E-state index >= 15 is 4.39 Å². The van der Waals surface area contributed by atoms with Crippen molar-refractivity contribution in [3.05, 3.63) is 43.1 Å². The number of ether oxygens (including phenoxy) is 5. The number of alkyl halides is 1. The summed E-state index contributed by atoms with van der Waals surface area (Å²) in [5.74, 6) is -3.93. The van der Waals surface area contributed by atoms with Crippen molar-refractivity contribution in [3.8, 4) is 11.3 Å². The zero-order chi connectivity index (χ0) is 48.4. The van der Waals surface area contributed by atoms with Crippen LogP contribution in [-0.2, 0) is 39.8 Å². The molecule has 19 heteroatoms. The molecule has 3 unspecified atom stereocenters. The zero-order valence-corrected chi connectivity index (χ0v) is 40.8. The molecule has 4 N–H and O–H groups in total. The van der Waals surface area contributed by atoms with E-state index < -0.39 is 77.3 Å². The number of rotatable bonds is 13. The highest BCUT2D eigenvalue weighted by molar-refractivity contribution is 7.93. The van der Waals surface area contributed by atoms with Crippen LogP contribution in [-0.4, -0.2) is 154 Å². The number of benzene rings is 1. The molecular weight excluding hydrogens is 865 g/mol. The molecule has 3 saturated heterocycles. The smallest absolute Gasteiger partial charge is 0.410 e. The number of unbranched alkanes of at least 4 members (excludes halogenated alkanes) is 1. The fourth-order valence-corrected chi connectivity index (χ4v) is 9.66. The van der Waals surface area contributed by atoms with Gasteiger partial charge in [0.2, 0.25) is 0 Å². The molecule has 1 aromatic heterocycles. The first-order chi connectivity index (χ1) is 30.6. The van der Waals surface area contributed by atoms with Gasteiger partial charge in [0.05, 0.1) is 30.0 Å². The Morgan fingerprint density at radius 1 is 1.15 bits per heavy atom. The Kier molecular flexibility index (Phi) is 19.3. The Morgan fingerprint density at radius 3 is 2.45 bits per heavy atom. The van der Waals surface area contributed by atoms with Gasteiger partial charge in [-0.2, -0.15) is 3.89 Å². The van der Waals surface area contributed by atoms with Crippen molar-refractivity contribution in [1.82, 2.24) is 30.1 Å². The minimum atomic E-state index is -3.15. The highest BCUT2D eigenvalue weighted by atomic mass is 32.2. The van der Waals surface area contributed by atoms with Crippen LogP contribution in [0.15, 0.2) is 43.1 Å². The Bertz CT molecular complexity index is 1890. The van der Waals surface area contributed by atoms with Gasteiger partial charge in [0, 0.05) is 67.9 Å². The molecule has 13 atom stereocenters. The number of ketones is 1. The first-order valence-electron chi connectivity index (χ1n) is 22.5. The Morgan fingerprint density at radius 2 is 1.83 bits per heavy atom. The van der Waals surface area contributed by atoms with Crippen molar-refractivity contribution < 1.29 is 51.5 Å². The van der Waals surface area contributed by atoms with Crippen molar-refractivity contribution in [3.63, 3.8) is 0 Å². The number of nitrogens with two attached hydrogens (primary N) is 1. The second-order valence-corrected chi connectivity index (χ2v) is 18.8. The number of fused-ring (bicyclic) bond motifs is 1. The number of nitrogens with one attached hydrogen (secondary N) is 1. The topological polar surface area (TPSA) is 193 Å². The van der Waals surface area contributed by atoms with Crippen molar-refractivity contribution in [1.29, 1.82) is 0 Å². The van der Waals surface area contributed by atoms with E-state index in [1.54, 1.807) is 42.5 Å². The number of cyclic esters (lactones) is 1. The molecule has 0 bridgehead atoms. The predicted molar refractivity (Wildman–Crippen MR) is 246 cm³/mol. The van der Waals surface area contributed by atoms with Gasteiger partial charge in [-0.25, -0.2) is 14.0 Å². The van der Waals surface area contributed by atoms with E-state index in [-0.39, 0.29) is 36.6 Å². The molecule has 65 heavy (non-hydrogen) atoms. The summed E-state index contributed by atoms with van der Waals surface area (Å²) in [6, 6.07) is 5.94. The maximum Gasteiger partial charge on any atom is 0.410 e. The van der Waals surface area contributed by atoms with E-state index in [4.69, 9.17) is 29.4 Å². The van der Waals surface area contributed by atoms with Gasteiger partial charge in [-0.1, -0.05) is 44.2 Å². The molecule has 2 aromatic rings. The highest BCUT2D eigenvalue weighted by Crippen LogP contribution is 2.41. The number of anilines is 1. The van der Waals surface area contributed by atoms with Gasteiger partial charge >= 0.3 is 12.1 Å². The summed E-state index contributed by atoms with van der Waals surface area (Å²) in [7, 11) is 5.20. The third-order valence-electron chi connectivity index (χ3n) is 13.1. The van der Waals surface area contributed by atoms with Gasteiger partial charge in [0.25, 0.3) is 5.67 Å². The normalized spacial score (nSPS) is 35.0. The van der Waals surface area contributed by atoms with Gasteiger partial charge in [-0.3, -0.25) is 14.4 Å². The quantitative estimate of drug-likeness (QED) is 0.0679. The van der Waals surface area contributed by atoms with E-state index in [0.717, 1.165) is 12.5 Å². The van der Waals surface area contributed by atoms with Crippen molar-refractivity contribution in [2.45, 2.75) is 159 Å². The molecule has 0 aliphatic carbocycles. The van der Waals surface area contributed by atoms with E-state index in [1.165, 1.54) is 20.3 Å². The monoisotopic (exact) mass is 938 g/mol. The fourth-order valence-electron chi connectivity index (χ4n) is 9.66. The van der Waals surface area contributed by atoms with Crippen LogP contribution in [0.1, 0.15) is 87.0 Å². The lowest BCUT2D eigenvalue weighted by molar-refractivity contribution is -0.295. The number of carbonyl (C=O) groups is 3. The number of aromatic nitrogens is 3. The Hall–Kier alpha value is -3.72. The van der Waals surface area contributed by atoms with Gasteiger partial charge < -0.3 is 44.7 Å². The summed E-state index contributed by atoms with van der Waals surface area (Å²) >= 11 is 0.250. The van der Waals surface area contributed by atoms with Crippen LogP contribution in [0.4, 0.5) is 18.8 Å². The van der Waals surface area contributed by atoms with Crippen LogP contribution in [0.3, 0.4) is 0 Å². The molecule has 3 aliphatic heterocycles. The van der Waals surface area contributed by atoms with Crippen LogP contribution in [0.5, 0.6) is 0 Å².